The van der Waals surface area contributed by atoms with Crippen LogP contribution in [0.1, 0.15) is 38.6 Å². The lowest BCUT2D eigenvalue weighted by molar-refractivity contribution is 0.461. The van der Waals surface area contributed by atoms with Gasteiger partial charge in [0, 0.05) is 22.9 Å². The van der Waals surface area contributed by atoms with E-state index in [1.54, 1.807) is 6.92 Å². The zero-order chi connectivity index (χ0) is 11.6. The van der Waals surface area contributed by atoms with Crippen LogP contribution >= 0.6 is 10.7 Å². The normalized spacial score (nSPS) is 12.3. The van der Waals surface area contributed by atoms with Crippen LogP contribution in [-0.4, -0.2) is 18.0 Å². The molecule has 0 fully saturated rings. The topological polar surface area (TPSA) is 52.0 Å². The van der Waals surface area contributed by atoms with Crippen LogP contribution in [0.2, 0.25) is 0 Å². The van der Waals surface area contributed by atoms with Gasteiger partial charge in [0.2, 0.25) is 0 Å². The molecule has 1 aromatic heterocycles. The fourth-order valence-electron chi connectivity index (χ4n) is 1.63. The molecule has 0 aromatic carbocycles. The van der Waals surface area contributed by atoms with Gasteiger partial charge in [-0.1, -0.05) is 13.8 Å². The lowest BCUT2D eigenvalue weighted by Crippen LogP contribution is -2.07. The van der Waals surface area contributed by atoms with Crippen molar-refractivity contribution in [2.45, 2.75) is 44.7 Å². The van der Waals surface area contributed by atoms with E-state index in [-0.39, 0.29) is 11.1 Å². The van der Waals surface area contributed by atoms with Crippen molar-refractivity contribution in [3.05, 3.63) is 12.0 Å². The maximum absolute atomic E-state index is 11.1. The second kappa shape index (κ2) is 4.53. The maximum Gasteiger partial charge on any atom is 0.280 e. The highest BCUT2D eigenvalue weighted by atomic mass is 35.7. The molecule has 86 valence electrons. The highest BCUT2D eigenvalue weighted by Crippen LogP contribution is 2.21. The fraction of sp³-hybridized carbons (Fsp3) is 0.667. The fourth-order valence-corrected chi connectivity index (χ4v) is 2.33. The highest BCUT2D eigenvalue weighted by Gasteiger charge is 2.18. The predicted octanol–water partition coefficient (Wildman–Crippen LogP) is 2.48. The van der Waals surface area contributed by atoms with Crippen LogP contribution in [0.25, 0.3) is 0 Å². The third-order valence-electron chi connectivity index (χ3n) is 2.48. The SMILES string of the molecule is CCC(CC)n1cc(S(=O)(=O)Cl)nc1C. The number of halogens is 1. The lowest BCUT2D eigenvalue weighted by atomic mass is 10.2. The van der Waals surface area contributed by atoms with E-state index in [2.05, 4.69) is 18.8 Å². The van der Waals surface area contributed by atoms with Crippen LogP contribution < -0.4 is 0 Å². The molecule has 0 saturated heterocycles. The summed E-state index contributed by atoms with van der Waals surface area (Å²) in [7, 11) is 1.52. The van der Waals surface area contributed by atoms with E-state index in [1.807, 2.05) is 4.57 Å². The van der Waals surface area contributed by atoms with E-state index in [4.69, 9.17) is 10.7 Å². The molecule has 0 radical (unpaired) electrons. The summed E-state index contributed by atoms with van der Waals surface area (Å²) >= 11 is 0. The molecular weight excluding hydrogens is 236 g/mol. The number of hydrogen-bond donors (Lipinski definition) is 0. The van der Waals surface area contributed by atoms with Gasteiger partial charge in [0.1, 0.15) is 5.82 Å². The summed E-state index contributed by atoms with van der Waals surface area (Å²) in [5, 5.41) is -0.0615. The quantitative estimate of drug-likeness (QED) is 0.772. The third-order valence-corrected chi connectivity index (χ3v) is 3.65. The number of aromatic nitrogens is 2. The van der Waals surface area contributed by atoms with Gasteiger partial charge < -0.3 is 4.57 Å². The molecule has 0 unspecified atom stereocenters. The average molecular weight is 251 g/mol. The number of nitrogens with zero attached hydrogens (tertiary/aromatic N) is 2. The second-order valence-electron chi connectivity index (χ2n) is 3.44. The molecule has 0 aliphatic rings. The van der Waals surface area contributed by atoms with Crippen molar-refractivity contribution in [3.63, 3.8) is 0 Å². The molecule has 0 bridgehead atoms. The Labute approximate surface area is 94.7 Å². The van der Waals surface area contributed by atoms with Crippen LogP contribution in [0.5, 0.6) is 0 Å². The zero-order valence-corrected chi connectivity index (χ0v) is 10.6. The van der Waals surface area contributed by atoms with Crippen LogP contribution in [0.15, 0.2) is 11.2 Å². The van der Waals surface area contributed by atoms with Crippen LogP contribution in [0.3, 0.4) is 0 Å². The van der Waals surface area contributed by atoms with Gasteiger partial charge in [0.25, 0.3) is 9.05 Å². The minimum atomic E-state index is -3.71. The van der Waals surface area contributed by atoms with E-state index in [0.29, 0.717) is 5.82 Å². The summed E-state index contributed by atoms with van der Waals surface area (Å²) in [6.45, 7) is 5.90. The summed E-state index contributed by atoms with van der Waals surface area (Å²) in [6.07, 6.45) is 3.39. The summed E-state index contributed by atoms with van der Waals surface area (Å²) in [4.78, 5) is 3.94. The van der Waals surface area contributed by atoms with Crippen LogP contribution in [0, 0.1) is 6.92 Å². The molecule has 0 spiro atoms. The molecule has 0 aliphatic heterocycles. The Balaban J connectivity index is 3.17. The molecule has 0 atom stereocenters. The van der Waals surface area contributed by atoms with Crippen LogP contribution in [-0.2, 0) is 9.05 Å². The van der Waals surface area contributed by atoms with E-state index >= 15 is 0 Å². The standard InChI is InChI=1S/C9H15ClN2O2S/c1-4-8(5-2)12-6-9(11-7(12)3)15(10,13)14/h6,8H,4-5H2,1-3H3. The van der Waals surface area contributed by atoms with Gasteiger partial charge in [-0.25, -0.2) is 13.4 Å². The van der Waals surface area contributed by atoms with Crippen molar-refractivity contribution in [3.8, 4) is 0 Å². The van der Waals surface area contributed by atoms with Gasteiger partial charge in [-0.2, -0.15) is 0 Å². The van der Waals surface area contributed by atoms with Gasteiger partial charge in [-0.15, -0.1) is 0 Å². The Morgan fingerprint density at radius 3 is 2.33 bits per heavy atom. The molecule has 15 heavy (non-hydrogen) atoms. The lowest BCUT2D eigenvalue weighted by Gasteiger charge is -2.15. The monoisotopic (exact) mass is 250 g/mol. The molecule has 1 heterocycles. The van der Waals surface area contributed by atoms with Gasteiger partial charge >= 0.3 is 0 Å². The van der Waals surface area contributed by atoms with Gasteiger partial charge in [0.05, 0.1) is 0 Å². The summed E-state index contributed by atoms with van der Waals surface area (Å²) in [6, 6.07) is 0.282. The van der Waals surface area contributed by atoms with Crippen molar-refractivity contribution in [1.82, 2.24) is 9.55 Å². The molecule has 0 amide bonds. The molecule has 6 heteroatoms. The molecular formula is C9H15ClN2O2S. The molecule has 4 nitrogen and oxygen atoms in total. The number of imidazole rings is 1. The number of rotatable bonds is 4. The summed E-state index contributed by atoms with van der Waals surface area (Å²) < 4.78 is 24.0. The van der Waals surface area contributed by atoms with Gasteiger partial charge in [-0.05, 0) is 19.8 Å². The van der Waals surface area contributed by atoms with Crippen LogP contribution in [0.4, 0.5) is 0 Å². The largest absolute Gasteiger partial charge is 0.331 e. The van der Waals surface area contributed by atoms with Gasteiger partial charge in [-0.3, -0.25) is 0 Å². The Bertz CT molecular complexity index is 435. The first-order chi connectivity index (χ1) is 6.90. The van der Waals surface area contributed by atoms with Crippen molar-refractivity contribution < 1.29 is 8.42 Å². The zero-order valence-electron chi connectivity index (χ0n) is 9.07. The number of hydrogen-bond acceptors (Lipinski definition) is 3. The number of aryl methyl sites for hydroxylation is 1. The van der Waals surface area contributed by atoms with Gasteiger partial charge in [0.15, 0.2) is 5.03 Å². The summed E-state index contributed by atoms with van der Waals surface area (Å²) in [5.41, 5.74) is 0. The first-order valence-corrected chi connectivity index (χ1v) is 7.21. The first-order valence-electron chi connectivity index (χ1n) is 4.90. The Morgan fingerprint density at radius 2 is 2.00 bits per heavy atom. The smallest absolute Gasteiger partial charge is 0.280 e. The molecule has 1 rings (SSSR count). The Morgan fingerprint density at radius 1 is 1.47 bits per heavy atom. The predicted molar refractivity (Wildman–Crippen MR) is 59.6 cm³/mol. The van der Waals surface area contributed by atoms with E-state index in [9.17, 15) is 8.42 Å². The van der Waals surface area contributed by atoms with E-state index in [1.165, 1.54) is 6.20 Å². The minimum Gasteiger partial charge on any atom is -0.331 e. The molecule has 0 saturated carbocycles. The Hall–Kier alpha value is -0.550. The van der Waals surface area contributed by atoms with E-state index < -0.39 is 9.05 Å². The van der Waals surface area contributed by atoms with Crippen molar-refractivity contribution in [2.24, 2.45) is 0 Å². The third kappa shape index (κ3) is 2.72. The van der Waals surface area contributed by atoms with Crippen molar-refractivity contribution in [2.75, 3.05) is 0 Å². The second-order valence-corrected chi connectivity index (χ2v) is 5.95. The highest BCUT2D eigenvalue weighted by molar-refractivity contribution is 8.13. The Kier molecular flexibility index (Phi) is 3.78. The summed E-state index contributed by atoms with van der Waals surface area (Å²) in [5.74, 6) is 0.683. The average Bonchev–Trinajstić information content (AvgIpc) is 2.50. The molecule has 0 N–H and O–H groups in total. The van der Waals surface area contributed by atoms with Crippen molar-refractivity contribution in [1.29, 1.82) is 0 Å². The van der Waals surface area contributed by atoms with E-state index in [0.717, 1.165) is 12.8 Å². The molecule has 0 aliphatic carbocycles. The first kappa shape index (κ1) is 12.5. The molecule has 1 aromatic rings. The van der Waals surface area contributed by atoms with Crippen molar-refractivity contribution >= 4 is 19.7 Å². The maximum atomic E-state index is 11.1. The minimum absolute atomic E-state index is 0.0615.